The predicted octanol–water partition coefficient (Wildman–Crippen LogP) is 0.816. The zero-order valence-corrected chi connectivity index (χ0v) is 13.9. The van der Waals surface area contributed by atoms with Crippen LogP contribution in [0.4, 0.5) is 4.79 Å². The molecule has 1 aromatic carbocycles. The number of amides is 1. The zero-order chi connectivity index (χ0) is 14.2. The molecule has 0 fully saturated rings. The average Bonchev–Trinajstić information content (AvgIpc) is 2.39. The Bertz CT molecular complexity index is 365. The van der Waals surface area contributed by atoms with Crippen LogP contribution in [-0.2, 0) is 5.54 Å². The third-order valence-electron chi connectivity index (χ3n) is 3.04. The summed E-state index contributed by atoms with van der Waals surface area (Å²) in [7, 11) is 1.29. The SMILES string of the molecule is CCC([NH3+])(CC)c1ccc(O)cc1.CNC(=O)[O-].I. The van der Waals surface area contributed by atoms with E-state index in [4.69, 9.17) is 15.0 Å². The Morgan fingerprint density at radius 3 is 1.95 bits per heavy atom. The maximum atomic E-state index is 9.15. The van der Waals surface area contributed by atoms with Crippen molar-refractivity contribution in [3.63, 3.8) is 0 Å². The van der Waals surface area contributed by atoms with Crippen LogP contribution in [0.25, 0.3) is 0 Å². The van der Waals surface area contributed by atoms with Gasteiger partial charge in [-0.15, -0.1) is 24.0 Å². The first-order valence-corrected chi connectivity index (χ1v) is 5.93. The van der Waals surface area contributed by atoms with Crippen LogP contribution in [0.1, 0.15) is 32.3 Å². The number of nitrogens with one attached hydrogen (secondary N) is 1. The number of hydrogen-bond donors (Lipinski definition) is 3. The Morgan fingerprint density at radius 2 is 1.68 bits per heavy atom. The molecule has 0 radical (unpaired) electrons. The fourth-order valence-corrected chi connectivity index (χ4v) is 1.47. The first-order chi connectivity index (χ1) is 8.39. The Hall–Kier alpha value is -1.02. The van der Waals surface area contributed by atoms with E-state index in [-0.39, 0.29) is 29.5 Å². The number of phenolic OH excluding ortho intramolecular Hbond substituents is 1. The second-order valence-corrected chi connectivity index (χ2v) is 4.07. The monoisotopic (exact) mass is 382 g/mol. The third kappa shape index (κ3) is 7.22. The molecular formula is C13H23IN2O3. The van der Waals surface area contributed by atoms with E-state index < -0.39 is 6.09 Å². The van der Waals surface area contributed by atoms with Crippen molar-refractivity contribution in [2.75, 3.05) is 7.05 Å². The number of hydrogen-bond acceptors (Lipinski definition) is 3. The second-order valence-electron chi connectivity index (χ2n) is 4.07. The quantitative estimate of drug-likeness (QED) is 0.675. The summed E-state index contributed by atoms with van der Waals surface area (Å²) >= 11 is 0. The maximum absolute atomic E-state index is 9.15. The molecular weight excluding hydrogens is 359 g/mol. The van der Waals surface area contributed by atoms with Crippen molar-refractivity contribution >= 4 is 30.1 Å². The second kappa shape index (κ2) is 9.85. The first kappa shape index (κ1) is 20.3. The van der Waals surface area contributed by atoms with Gasteiger partial charge in [0.2, 0.25) is 0 Å². The summed E-state index contributed by atoms with van der Waals surface area (Å²) in [6, 6.07) is 7.35. The molecule has 19 heavy (non-hydrogen) atoms. The van der Waals surface area contributed by atoms with E-state index in [1.807, 2.05) is 17.4 Å². The van der Waals surface area contributed by atoms with Gasteiger partial charge in [0.05, 0.1) is 0 Å². The lowest BCUT2D eigenvalue weighted by Crippen LogP contribution is -2.69. The van der Waals surface area contributed by atoms with Crippen molar-refractivity contribution in [2.45, 2.75) is 32.2 Å². The van der Waals surface area contributed by atoms with Gasteiger partial charge in [-0.25, -0.2) is 0 Å². The van der Waals surface area contributed by atoms with Gasteiger partial charge in [-0.05, 0) is 24.3 Å². The minimum Gasteiger partial charge on any atom is -0.530 e. The lowest BCUT2D eigenvalue weighted by atomic mass is 9.86. The zero-order valence-electron chi connectivity index (χ0n) is 11.6. The molecule has 0 aromatic heterocycles. The Labute approximate surface area is 131 Å². The Morgan fingerprint density at radius 1 is 1.32 bits per heavy atom. The van der Waals surface area contributed by atoms with Gasteiger partial charge < -0.3 is 26.1 Å². The minimum atomic E-state index is -1.25. The van der Waals surface area contributed by atoms with Gasteiger partial charge in [-0.3, -0.25) is 0 Å². The van der Waals surface area contributed by atoms with E-state index in [0.717, 1.165) is 12.8 Å². The smallest absolute Gasteiger partial charge is 0.133 e. The molecule has 0 spiro atoms. The van der Waals surface area contributed by atoms with Crippen molar-refractivity contribution in [1.29, 1.82) is 0 Å². The highest BCUT2D eigenvalue weighted by atomic mass is 127. The summed E-state index contributed by atoms with van der Waals surface area (Å²) in [5, 5.41) is 20.1. The molecule has 5 nitrogen and oxygen atoms in total. The molecule has 0 unspecified atom stereocenters. The highest BCUT2D eigenvalue weighted by Crippen LogP contribution is 2.24. The molecule has 1 amide bonds. The van der Waals surface area contributed by atoms with Crippen LogP contribution < -0.4 is 16.2 Å². The van der Waals surface area contributed by atoms with E-state index in [0.29, 0.717) is 5.75 Å². The van der Waals surface area contributed by atoms with Gasteiger partial charge in [0.25, 0.3) is 0 Å². The molecule has 5 N–H and O–H groups in total. The first-order valence-electron chi connectivity index (χ1n) is 5.93. The highest BCUT2D eigenvalue weighted by Gasteiger charge is 2.26. The largest absolute Gasteiger partial charge is 0.530 e. The van der Waals surface area contributed by atoms with E-state index in [9.17, 15) is 0 Å². The van der Waals surface area contributed by atoms with E-state index in [1.165, 1.54) is 12.6 Å². The number of halogens is 1. The fraction of sp³-hybridized carbons (Fsp3) is 0.462. The maximum Gasteiger partial charge on any atom is 0.133 e. The number of aromatic hydroxyl groups is 1. The number of carbonyl (C=O) groups is 1. The highest BCUT2D eigenvalue weighted by molar-refractivity contribution is 14.0. The molecule has 1 rings (SSSR count). The molecule has 0 aliphatic heterocycles. The molecule has 0 saturated heterocycles. The predicted molar refractivity (Wildman–Crippen MR) is 83.1 cm³/mol. The summed E-state index contributed by atoms with van der Waals surface area (Å²) in [6.45, 7) is 4.28. The third-order valence-corrected chi connectivity index (χ3v) is 3.04. The summed E-state index contributed by atoms with van der Waals surface area (Å²) in [6.07, 6.45) is 0.799. The summed E-state index contributed by atoms with van der Waals surface area (Å²) < 4.78 is 0. The van der Waals surface area contributed by atoms with Crippen LogP contribution in [0.15, 0.2) is 24.3 Å². The molecule has 0 heterocycles. The lowest BCUT2D eigenvalue weighted by molar-refractivity contribution is -0.490. The van der Waals surface area contributed by atoms with Crippen LogP contribution in [0.3, 0.4) is 0 Å². The molecule has 0 atom stereocenters. The summed E-state index contributed by atoms with van der Waals surface area (Å²) in [5.74, 6) is 0.318. The number of carboxylic acid groups (broad SMARTS) is 1. The minimum absolute atomic E-state index is 0. The van der Waals surface area contributed by atoms with Crippen LogP contribution in [-0.4, -0.2) is 18.2 Å². The standard InChI is InChI=1S/C11H17NO.C2H5NO2.HI/c1-3-11(12,4-2)9-5-7-10(13)8-6-9;1-3-2(4)5;/h5-8,13H,3-4,12H2,1-2H3;3H,1H3,(H,4,5);1H. The van der Waals surface area contributed by atoms with Crippen LogP contribution in [0, 0.1) is 0 Å². The van der Waals surface area contributed by atoms with Gasteiger partial charge in [0.15, 0.2) is 0 Å². The Kier molecular flexibility index (Phi) is 10.5. The van der Waals surface area contributed by atoms with Crippen molar-refractivity contribution in [1.82, 2.24) is 5.32 Å². The number of rotatable bonds is 3. The number of phenols is 1. The molecule has 110 valence electrons. The average molecular weight is 382 g/mol. The number of quaternary nitrogens is 1. The molecule has 0 aliphatic rings. The van der Waals surface area contributed by atoms with Crippen molar-refractivity contribution in [3.8, 4) is 5.75 Å². The van der Waals surface area contributed by atoms with Gasteiger partial charge in [-0.2, -0.15) is 0 Å². The topological polar surface area (TPSA) is 100 Å². The number of carbonyl (C=O) groups excluding carboxylic acids is 1. The summed E-state index contributed by atoms with van der Waals surface area (Å²) in [5.41, 5.74) is 5.44. The fourth-order valence-electron chi connectivity index (χ4n) is 1.47. The normalized spacial score (nSPS) is 9.68. The van der Waals surface area contributed by atoms with Gasteiger partial charge in [0.1, 0.15) is 17.4 Å². The molecule has 1 aromatic rings. The van der Waals surface area contributed by atoms with Gasteiger partial charge in [0, 0.05) is 25.5 Å². The van der Waals surface area contributed by atoms with Crippen LogP contribution in [0.5, 0.6) is 5.75 Å². The van der Waals surface area contributed by atoms with Gasteiger partial charge >= 0.3 is 0 Å². The van der Waals surface area contributed by atoms with E-state index in [1.54, 1.807) is 12.1 Å². The molecule has 6 heteroatoms. The number of benzene rings is 1. The van der Waals surface area contributed by atoms with Crippen molar-refractivity contribution in [3.05, 3.63) is 29.8 Å². The Balaban J connectivity index is 0. The van der Waals surface area contributed by atoms with Gasteiger partial charge in [-0.1, -0.05) is 13.8 Å². The molecule has 0 aliphatic carbocycles. The van der Waals surface area contributed by atoms with Crippen molar-refractivity contribution in [2.24, 2.45) is 0 Å². The van der Waals surface area contributed by atoms with E-state index >= 15 is 0 Å². The van der Waals surface area contributed by atoms with E-state index in [2.05, 4.69) is 19.6 Å². The van der Waals surface area contributed by atoms with Crippen LogP contribution in [0.2, 0.25) is 0 Å². The molecule has 0 saturated carbocycles. The molecule has 0 bridgehead atoms. The lowest BCUT2D eigenvalue weighted by Gasteiger charge is -2.23. The van der Waals surface area contributed by atoms with Crippen molar-refractivity contribution < 1.29 is 20.7 Å². The summed E-state index contributed by atoms with van der Waals surface area (Å²) in [4.78, 5) is 9.15. The van der Waals surface area contributed by atoms with Crippen LogP contribution >= 0.6 is 24.0 Å².